The summed E-state index contributed by atoms with van der Waals surface area (Å²) < 4.78 is 55.8. The fourth-order valence-corrected chi connectivity index (χ4v) is 3.62. The van der Waals surface area contributed by atoms with E-state index in [4.69, 9.17) is 4.74 Å². The number of pyridine rings is 2. The first kappa shape index (κ1) is 26.3. The van der Waals surface area contributed by atoms with Crippen LogP contribution in [0.4, 0.5) is 17.6 Å². The van der Waals surface area contributed by atoms with Gasteiger partial charge in [0.15, 0.2) is 6.61 Å². The second-order valence-electron chi connectivity index (χ2n) is 8.46. The van der Waals surface area contributed by atoms with E-state index in [1.54, 1.807) is 30.9 Å². The van der Waals surface area contributed by atoms with Gasteiger partial charge in [0.1, 0.15) is 0 Å². The Balaban J connectivity index is 1.73. The van der Waals surface area contributed by atoms with Gasteiger partial charge in [-0.2, -0.15) is 8.78 Å². The lowest BCUT2D eigenvalue weighted by molar-refractivity contribution is -0.148. The number of carbonyl (C=O) groups is 2. The molecule has 35 heavy (non-hydrogen) atoms. The van der Waals surface area contributed by atoms with Crippen LogP contribution in [-0.4, -0.2) is 63.4 Å². The fourth-order valence-electron chi connectivity index (χ4n) is 3.62. The number of nitrogens with one attached hydrogen (secondary N) is 1. The highest BCUT2D eigenvalue weighted by Crippen LogP contribution is 2.33. The Bertz CT molecular complexity index is 1100. The summed E-state index contributed by atoms with van der Waals surface area (Å²) in [5.41, 5.74) is 2.42. The maximum Gasteiger partial charge on any atom is 0.340 e. The zero-order chi connectivity index (χ0) is 25.9. The molecule has 3 heterocycles. The molecule has 0 fully saturated rings. The molecule has 2 atom stereocenters. The highest BCUT2D eigenvalue weighted by molar-refractivity contribution is 5.99. The first-order valence-corrected chi connectivity index (χ1v) is 10.9. The van der Waals surface area contributed by atoms with E-state index < -0.39 is 31.1 Å². The van der Waals surface area contributed by atoms with E-state index in [1.165, 1.54) is 19.3 Å². The Morgan fingerprint density at radius 2 is 2.03 bits per heavy atom. The highest BCUT2D eigenvalue weighted by atomic mass is 19.3. The molecule has 0 aliphatic carbocycles. The molecule has 190 valence electrons. The summed E-state index contributed by atoms with van der Waals surface area (Å²) in [6.07, 6.45) is -1.81. The average molecular weight is 498 g/mol. The Morgan fingerprint density at radius 1 is 1.31 bits per heavy atom. The number of rotatable bonds is 10. The minimum absolute atomic E-state index is 0.0542. The van der Waals surface area contributed by atoms with Gasteiger partial charge in [-0.3, -0.25) is 14.6 Å². The molecule has 1 aliphatic heterocycles. The second kappa shape index (κ2) is 10.5. The van der Waals surface area contributed by atoms with Crippen molar-refractivity contribution >= 4 is 11.8 Å². The third-order valence-electron chi connectivity index (χ3n) is 5.61. The van der Waals surface area contributed by atoms with Gasteiger partial charge in [0.2, 0.25) is 11.8 Å². The van der Waals surface area contributed by atoms with E-state index in [0.717, 1.165) is 0 Å². The lowest BCUT2D eigenvalue weighted by atomic mass is 10.1. The van der Waals surface area contributed by atoms with E-state index in [-0.39, 0.29) is 37.2 Å². The number of aliphatic hydroxyl groups is 1. The van der Waals surface area contributed by atoms with Gasteiger partial charge < -0.3 is 20.1 Å². The van der Waals surface area contributed by atoms with Crippen LogP contribution in [0.15, 0.2) is 24.5 Å². The van der Waals surface area contributed by atoms with Gasteiger partial charge in [-0.05, 0) is 38.5 Å². The maximum absolute atomic E-state index is 13.2. The number of nitrogens with zero attached hydrogens (tertiary/aromatic N) is 3. The van der Waals surface area contributed by atoms with E-state index in [1.807, 2.05) is 0 Å². The van der Waals surface area contributed by atoms with Gasteiger partial charge in [0.25, 0.3) is 5.91 Å². The largest absolute Gasteiger partial charge is 0.471 e. The first-order chi connectivity index (χ1) is 16.4. The molecule has 0 radical (unpaired) electrons. The number of aryl methyl sites for hydroxylation is 1. The SMILES string of the molecule is Cc1cc(C(C)N2Cc3c(ccnc3CC(=O)NC[C@@H](C)O)C2=O)cnc1OCC(F)(F)C(F)F. The quantitative estimate of drug-likeness (QED) is 0.489. The smallest absolute Gasteiger partial charge is 0.340 e. The molecule has 8 nitrogen and oxygen atoms in total. The minimum atomic E-state index is -4.30. The zero-order valence-electron chi connectivity index (χ0n) is 19.4. The summed E-state index contributed by atoms with van der Waals surface area (Å²) in [5.74, 6) is -5.10. The van der Waals surface area contributed by atoms with Crippen molar-refractivity contribution < 1.29 is 37.0 Å². The standard InChI is InChI=1S/C23H26F4N4O4/c1-12-6-15(9-30-20(12)35-11-23(26,27)22(24)25)14(3)31-10-17-16(21(31)34)4-5-28-18(17)7-19(33)29-8-13(2)32/h4-6,9,13-14,22,32H,7-8,10-11H2,1-3H3,(H,29,33)/t13-,14?/m1/s1. The predicted octanol–water partition coefficient (Wildman–Crippen LogP) is 2.82. The van der Waals surface area contributed by atoms with Gasteiger partial charge in [-0.25, -0.2) is 13.8 Å². The second-order valence-corrected chi connectivity index (χ2v) is 8.46. The van der Waals surface area contributed by atoms with Crippen molar-refractivity contribution in [2.75, 3.05) is 13.2 Å². The van der Waals surface area contributed by atoms with Crippen molar-refractivity contribution in [2.24, 2.45) is 0 Å². The van der Waals surface area contributed by atoms with Crippen LogP contribution in [0.25, 0.3) is 0 Å². The lowest BCUT2D eigenvalue weighted by Gasteiger charge is -2.25. The fraction of sp³-hybridized carbons (Fsp3) is 0.478. The monoisotopic (exact) mass is 498 g/mol. The summed E-state index contributed by atoms with van der Waals surface area (Å²) in [7, 11) is 0. The topological polar surface area (TPSA) is 105 Å². The number of aliphatic hydroxyl groups excluding tert-OH is 1. The lowest BCUT2D eigenvalue weighted by Crippen LogP contribution is -2.34. The summed E-state index contributed by atoms with van der Waals surface area (Å²) >= 11 is 0. The predicted molar refractivity (Wildman–Crippen MR) is 116 cm³/mol. The van der Waals surface area contributed by atoms with E-state index in [2.05, 4.69) is 15.3 Å². The molecule has 0 spiro atoms. The molecule has 2 N–H and O–H groups in total. The molecule has 0 saturated carbocycles. The van der Waals surface area contributed by atoms with E-state index in [0.29, 0.717) is 27.9 Å². The zero-order valence-corrected chi connectivity index (χ0v) is 19.4. The third-order valence-corrected chi connectivity index (χ3v) is 5.61. The number of fused-ring (bicyclic) bond motifs is 1. The molecule has 2 aromatic heterocycles. The Morgan fingerprint density at radius 3 is 2.66 bits per heavy atom. The highest BCUT2D eigenvalue weighted by Gasteiger charge is 2.42. The maximum atomic E-state index is 13.2. The molecule has 1 unspecified atom stereocenters. The molecule has 3 rings (SSSR count). The van der Waals surface area contributed by atoms with Crippen molar-refractivity contribution in [3.63, 3.8) is 0 Å². The van der Waals surface area contributed by atoms with Crippen LogP contribution in [0, 0.1) is 6.92 Å². The molecule has 2 amide bonds. The van der Waals surface area contributed by atoms with Crippen LogP contribution in [0.3, 0.4) is 0 Å². The number of hydrogen-bond donors (Lipinski definition) is 2. The van der Waals surface area contributed by atoms with E-state index in [9.17, 15) is 32.3 Å². The van der Waals surface area contributed by atoms with Crippen molar-refractivity contribution in [3.05, 3.63) is 52.5 Å². The third kappa shape index (κ3) is 6.05. The number of alkyl halides is 4. The van der Waals surface area contributed by atoms with E-state index >= 15 is 0 Å². The summed E-state index contributed by atoms with van der Waals surface area (Å²) in [5, 5.41) is 11.9. The normalized spacial score (nSPS) is 15.2. The van der Waals surface area contributed by atoms with Crippen LogP contribution in [0.2, 0.25) is 0 Å². The Kier molecular flexibility index (Phi) is 7.93. The number of aromatic nitrogens is 2. The average Bonchev–Trinajstić information content (AvgIpc) is 3.13. The number of ether oxygens (including phenoxy) is 1. The van der Waals surface area contributed by atoms with Gasteiger partial charge in [0.05, 0.1) is 24.3 Å². The van der Waals surface area contributed by atoms with Gasteiger partial charge in [0, 0.05) is 42.2 Å². The molecule has 0 saturated heterocycles. The van der Waals surface area contributed by atoms with Crippen molar-refractivity contribution in [3.8, 4) is 5.88 Å². The Labute approximate surface area is 199 Å². The summed E-state index contributed by atoms with van der Waals surface area (Å²) in [4.78, 5) is 35.0. The molecule has 1 aliphatic rings. The molecule has 2 aromatic rings. The molecule has 0 aromatic carbocycles. The van der Waals surface area contributed by atoms with Crippen molar-refractivity contribution in [1.82, 2.24) is 20.2 Å². The number of halogens is 4. The van der Waals surface area contributed by atoms with Crippen molar-refractivity contribution in [2.45, 2.75) is 58.2 Å². The molecular weight excluding hydrogens is 472 g/mol. The van der Waals surface area contributed by atoms with Crippen LogP contribution in [0.1, 0.15) is 52.6 Å². The molecule has 0 bridgehead atoms. The van der Waals surface area contributed by atoms with Gasteiger partial charge >= 0.3 is 12.3 Å². The van der Waals surface area contributed by atoms with Crippen LogP contribution in [0.5, 0.6) is 5.88 Å². The van der Waals surface area contributed by atoms with Gasteiger partial charge in [-0.1, -0.05) is 0 Å². The summed E-state index contributed by atoms with van der Waals surface area (Å²) in [6.45, 7) is 3.63. The van der Waals surface area contributed by atoms with Crippen LogP contribution < -0.4 is 10.1 Å². The number of hydrogen-bond acceptors (Lipinski definition) is 6. The van der Waals surface area contributed by atoms with Gasteiger partial charge in [-0.15, -0.1) is 0 Å². The number of amides is 2. The molecular formula is C23H26F4N4O4. The first-order valence-electron chi connectivity index (χ1n) is 10.9. The van der Waals surface area contributed by atoms with Crippen LogP contribution in [-0.2, 0) is 17.8 Å². The number of carbonyl (C=O) groups excluding carboxylic acids is 2. The minimum Gasteiger partial charge on any atom is -0.471 e. The molecule has 12 heteroatoms. The summed E-state index contributed by atoms with van der Waals surface area (Å²) in [6, 6.07) is 2.69. The van der Waals surface area contributed by atoms with Crippen molar-refractivity contribution in [1.29, 1.82) is 0 Å². The van der Waals surface area contributed by atoms with Crippen LogP contribution >= 0.6 is 0 Å². The Hall–Kier alpha value is -3.28.